The summed E-state index contributed by atoms with van der Waals surface area (Å²) in [6.07, 6.45) is -0.0237. The van der Waals surface area contributed by atoms with Gasteiger partial charge in [0.1, 0.15) is 5.75 Å². The number of hydrogen-bond donors (Lipinski definition) is 1. The maximum atomic E-state index is 12.4. The largest absolute Gasteiger partial charge is 0.481 e. The molecule has 0 aliphatic heterocycles. The topological polar surface area (TPSA) is 77.2 Å². The van der Waals surface area contributed by atoms with Crippen LogP contribution in [0.4, 0.5) is 0 Å². The van der Waals surface area contributed by atoms with Gasteiger partial charge in [-0.3, -0.25) is 4.79 Å². The van der Waals surface area contributed by atoms with Crippen LogP contribution >= 0.6 is 0 Å². The Hall–Kier alpha value is -3.15. The van der Waals surface area contributed by atoms with Crippen LogP contribution in [-0.4, -0.2) is 22.2 Å². The zero-order valence-electron chi connectivity index (χ0n) is 15.7. The van der Waals surface area contributed by atoms with Gasteiger partial charge in [0.2, 0.25) is 11.7 Å². The van der Waals surface area contributed by atoms with Crippen molar-refractivity contribution >= 4 is 5.91 Å². The minimum atomic E-state index is -0.578. The highest BCUT2D eigenvalue weighted by Gasteiger charge is 2.19. The van der Waals surface area contributed by atoms with E-state index in [1.54, 1.807) is 0 Å². The Balaban J connectivity index is 1.58. The van der Waals surface area contributed by atoms with Crippen LogP contribution in [0.25, 0.3) is 11.4 Å². The van der Waals surface area contributed by atoms with E-state index in [1.165, 1.54) is 0 Å². The smallest absolute Gasteiger partial charge is 0.261 e. The second-order valence-electron chi connectivity index (χ2n) is 6.43. The van der Waals surface area contributed by atoms with Crippen molar-refractivity contribution in [2.75, 3.05) is 0 Å². The average Bonchev–Trinajstić information content (AvgIpc) is 3.14. The normalized spacial score (nSPS) is 11.8. The second-order valence-corrected chi connectivity index (χ2v) is 6.43. The molecule has 3 aromatic rings. The molecule has 1 atom stereocenters. The lowest BCUT2D eigenvalue weighted by Crippen LogP contribution is -2.37. The quantitative estimate of drug-likeness (QED) is 0.688. The molecule has 6 heteroatoms. The molecule has 1 aromatic heterocycles. The van der Waals surface area contributed by atoms with Crippen molar-refractivity contribution in [3.8, 4) is 17.1 Å². The lowest BCUT2D eigenvalue weighted by molar-refractivity contribution is -0.128. The van der Waals surface area contributed by atoms with E-state index in [4.69, 9.17) is 9.26 Å². The van der Waals surface area contributed by atoms with E-state index in [1.807, 2.05) is 69.3 Å². The number of benzene rings is 2. The molecule has 0 bridgehead atoms. The molecule has 0 aliphatic carbocycles. The van der Waals surface area contributed by atoms with Crippen LogP contribution in [0.1, 0.15) is 30.4 Å². The molecule has 1 heterocycles. The van der Waals surface area contributed by atoms with Crippen molar-refractivity contribution in [1.82, 2.24) is 15.5 Å². The minimum absolute atomic E-state index is 0.158. The second kappa shape index (κ2) is 8.49. The number of hydrogen-bond acceptors (Lipinski definition) is 5. The number of nitrogens with zero attached hydrogens (tertiary/aromatic N) is 2. The number of carbonyl (C=O) groups is 1. The molecular weight excluding hydrogens is 342 g/mol. The third-order valence-electron chi connectivity index (χ3n) is 4.12. The summed E-state index contributed by atoms with van der Waals surface area (Å²) in [4.78, 5) is 16.8. The Morgan fingerprint density at radius 1 is 1.15 bits per heavy atom. The van der Waals surface area contributed by atoms with Gasteiger partial charge in [-0.1, -0.05) is 54.0 Å². The highest BCUT2D eigenvalue weighted by Crippen LogP contribution is 2.17. The number of carbonyl (C=O) groups excluding carboxylic acids is 1. The van der Waals surface area contributed by atoms with Gasteiger partial charge >= 0.3 is 0 Å². The zero-order chi connectivity index (χ0) is 19.2. The van der Waals surface area contributed by atoms with E-state index in [2.05, 4.69) is 15.5 Å². The van der Waals surface area contributed by atoms with Crippen LogP contribution in [0.3, 0.4) is 0 Å². The summed E-state index contributed by atoms with van der Waals surface area (Å²) in [5.74, 6) is 1.32. The highest BCUT2D eigenvalue weighted by atomic mass is 16.5. The summed E-state index contributed by atoms with van der Waals surface area (Å²) in [7, 11) is 0. The molecular formula is C21H23N3O3. The van der Waals surface area contributed by atoms with Gasteiger partial charge < -0.3 is 14.6 Å². The first kappa shape index (κ1) is 18.6. The van der Waals surface area contributed by atoms with Crippen LogP contribution in [0, 0.1) is 13.8 Å². The Kier molecular flexibility index (Phi) is 5.86. The molecule has 27 heavy (non-hydrogen) atoms. The van der Waals surface area contributed by atoms with Crippen LogP contribution in [0.2, 0.25) is 0 Å². The maximum Gasteiger partial charge on any atom is 0.261 e. The summed E-state index contributed by atoms with van der Waals surface area (Å²) >= 11 is 0. The Morgan fingerprint density at radius 2 is 1.93 bits per heavy atom. The van der Waals surface area contributed by atoms with Crippen LogP contribution in [-0.2, 0) is 11.3 Å². The molecule has 0 aliphatic rings. The van der Waals surface area contributed by atoms with Crippen LogP contribution in [0.15, 0.2) is 53.1 Å². The molecule has 0 saturated carbocycles. The van der Waals surface area contributed by atoms with Gasteiger partial charge in [-0.15, -0.1) is 0 Å². The summed E-state index contributed by atoms with van der Waals surface area (Å²) in [5, 5.41) is 6.77. The van der Waals surface area contributed by atoms with Gasteiger partial charge in [-0.25, -0.2) is 0 Å². The molecule has 1 N–H and O–H groups in total. The van der Waals surface area contributed by atoms with E-state index >= 15 is 0 Å². The molecule has 1 amide bonds. The monoisotopic (exact) mass is 365 g/mol. The van der Waals surface area contributed by atoms with E-state index in [0.717, 1.165) is 16.7 Å². The third-order valence-corrected chi connectivity index (χ3v) is 4.12. The number of nitrogens with one attached hydrogen (secondary N) is 1. The van der Waals surface area contributed by atoms with Gasteiger partial charge in [0.15, 0.2) is 6.10 Å². The van der Waals surface area contributed by atoms with Crippen molar-refractivity contribution in [3.05, 3.63) is 65.5 Å². The fourth-order valence-electron chi connectivity index (χ4n) is 2.60. The number of aromatic nitrogens is 2. The molecule has 2 aromatic carbocycles. The van der Waals surface area contributed by atoms with Gasteiger partial charge in [-0.05, 0) is 38.0 Å². The Labute approximate surface area is 158 Å². The van der Waals surface area contributed by atoms with Gasteiger partial charge in [0.25, 0.3) is 5.91 Å². The maximum absolute atomic E-state index is 12.4. The lowest BCUT2D eigenvalue weighted by Gasteiger charge is -2.17. The third kappa shape index (κ3) is 4.94. The summed E-state index contributed by atoms with van der Waals surface area (Å²) in [6, 6.07) is 15.5. The lowest BCUT2D eigenvalue weighted by atomic mass is 10.1. The number of rotatable bonds is 7. The average molecular weight is 365 g/mol. The van der Waals surface area contributed by atoms with Crippen molar-refractivity contribution in [1.29, 1.82) is 0 Å². The predicted molar refractivity (Wildman–Crippen MR) is 102 cm³/mol. The Morgan fingerprint density at radius 3 is 2.63 bits per heavy atom. The predicted octanol–water partition coefficient (Wildman–Crippen LogP) is 3.83. The SMILES string of the molecule is CC[C@@H](Oc1cccc(C)c1)C(=O)NCc1nc(-c2ccc(C)cc2)no1. The Bertz CT molecular complexity index is 903. The van der Waals surface area contributed by atoms with E-state index in [-0.39, 0.29) is 12.5 Å². The van der Waals surface area contributed by atoms with Crippen LogP contribution < -0.4 is 10.1 Å². The minimum Gasteiger partial charge on any atom is -0.481 e. The van der Waals surface area contributed by atoms with Crippen molar-refractivity contribution in [2.24, 2.45) is 0 Å². The van der Waals surface area contributed by atoms with Crippen LogP contribution in [0.5, 0.6) is 5.75 Å². The fraction of sp³-hybridized carbons (Fsp3) is 0.286. The standard InChI is InChI=1S/C21H23N3O3/c1-4-18(26-17-7-5-6-15(3)12-17)21(25)22-13-19-23-20(24-27-19)16-10-8-14(2)9-11-16/h5-12,18H,4,13H2,1-3H3,(H,22,25)/t18-/m1/s1. The fourth-order valence-corrected chi connectivity index (χ4v) is 2.60. The van der Waals surface area contributed by atoms with Crippen molar-refractivity contribution in [3.63, 3.8) is 0 Å². The van der Waals surface area contributed by atoms with Crippen molar-refractivity contribution in [2.45, 2.75) is 39.8 Å². The van der Waals surface area contributed by atoms with Crippen molar-refractivity contribution < 1.29 is 14.1 Å². The number of amides is 1. The first-order chi connectivity index (χ1) is 13.0. The molecule has 0 unspecified atom stereocenters. The molecule has 140 valence electrons. The number of ether oxygens (including phenoxy) is 1. The van der Waals surface area contributed by atoms with Gasteiger partial charge in [0.05, 0.1) is 6.54 Å². The van der Waals surface area contributed by atoms with Gasteiger partial charge in [0, 0.05) is 5.56 Å². The molecule has 0 radical (unpaired) electrons. The van der Waals surface area contributed by atoms with E-state index < -0.39 is 6.10 Å². The molecule has 6 nitrogen and oxygen atoms in total. The highest BCUT2D eigenvalue weighted by molar-refractivity contribution is 5.81. The first-order valence-electron chi connectivity index (χ1n) is 8.96. The molecule has 0 fully saturated rings. The zero-order valence-corrected chi connectivity index (χ0v) is 15.7. The van der Waals surface area contributed by atoms with E-state index in [9.17, 15) is 4.79 Å². The molecule has 3 rings (SSSR count). The summed E-state index contributed by atoms with van der Waals surface area (Å²) < 4.78 is 11.0. The first-order valence-corrected chi connectivity index (χ1v) is 8.96. The molecule has 0 saturated heterocycles. The van der Waals surface area contributed by atoms with E-state index in [0.29, 0.717) is 23.9 Å². The summed E-state index contributed by atoms with van der Waals surface area (Å²) in [5.41, 5.74) is 3.11. The summed E-state index contributed by atoms with van der Waals surface area (Å²) in [6.45, 7) is 6.06. The number of aryl methyl sites for hydroxylation is 2. The molecule has 0 spiro atoms. The van der Waals surface area contributed by atoms with Gasteiger partial charge in [-0.2, -0.15) is 4.98 Å².